The lowest BCUT2D eigenvalue weighted by atomic mass is 10.0. The van der Waals surface area contributed by atoms with Crippen molar-refractivity contribution in [1.82, 2.24) is 9.80 Å². The number of benzene rings is 1. The standard InChI is InChI=1S/C15H23ClFN3/c1-19-8-4-5-11(19)10-20(2)14(9-18)15-12(16)6-3-7-13(15)17/h3,6-7,11,14H,4-5,8-10,18H2,1-2H3. The van der Waals surface area contributed by atoms with Crippen molar-refractivity contribution in [3.63, 3.8) is 0 Å². The van der Waals surface area contributed by atoms with Crippen LogP contribution in [0.2, 0.25) is 5.02 Å². The quantitative estimate of drug-likeness (QED) is 0.907. The van der Waals surface area contributed by atoms with E-state index in [0.29, 0.717) is 23.2 Å². The summed E-state index contributed by atoms with van der Waals surface area (Å²) < 4.78 is 14.1. The molecule has 20 heavy (non-hydrogen) atoms. The number of hydrogen-bond acceptors (Lipinski definition) is 3. The van der Waals surface area contributed by atoms with Crippen molar-refractivity contribution < 1.29 is 4.39 Å². The van der Waals surface area contributed by atoms with Gasteiger partial charge < -0.3 is 10.6 Å². The summed E-state index contributed by atoms with van der Waals surface area (Å²) in [5.74, 6) is -0.278. The van der Waals surface area contributed by atoms with Crippen LogP contribution in [0.25, 0.3) is 0 Å². The van der Waals surface area contributed by atoms with E-state index in [-0.39, 0.29) is 11.9 Å². The summed E-state index contributed by atoms with van der Waals surface area (Å²) in [5.41, 5.74) is 6.39. The highest BCUT2D eigenvalue weighted by molar-refractivity contribution is 6.31. The first kappa shape index (κ1) is 15.7. The van der Waals surface area contributed by atoms with Crippen molar-refractivity contribution in [3.05, 3.63) is 34.6 Å². The van der Waals surface area contributed by atoms with Crippen molar-refractivity contribution in [2.45, 2.75) is 24.9 Å². The van der Waals surface area contributed by atoms with E-state index in [2.05, 4.69) is 16.8 Å². The minimum Gasteiger partial charge on any atom is -0.329 e. The van der Waals surface area contributed by atoms with Gasteiger partial charge in [-0.15, -0.1) is 0 Å². The normalized spacial score (nSPS) is 21.6. The minimum atomic E-state index is -0.278. The van der Waals surface area contributed by atoms with Crippen LogP contribution in [0.1, 0.15) is 24.4 Å². The molecule has 1 aliphatic heterocycles. The summed E-state index contributed by atoms with van der Waals surface area (Å²) in [6.07, 6.45) is 2.41. The van der Waals surface area contributed by atoms with Gasteiger partial charge in [0.1, 0.15) is 5.82 Å². The third-order valence-corrected chi connectivity index (χ3v) is 4.59. The maximum absolute atomic E-state index is 14.1. The van der Waals surface area contributed by atoms with E-state index in [1.165, 1.54) is 18.9 Å². The average Bonchev–Trinajstić information content (AvgIpc) is 2.79. The van der Waals surface area contributed by atoms with Gasteiger partial charge in [0.2, 0.25) is 0 Å². The molecule has 0 saturated carbocycles. The van der Waals surface area contributed by atoms with Crippen LogP contribution in [0.4, 0.5) is 4.39 Å². The number of likely N-dealkylation sites (N-methyl/N-ethyl adjacent to an activating group) is 2. The third-order valence-electron chi connectivity index (χ3n) is 4.26. The molecule has 1 heterocycles. The Balaban J connectivity index is 2.15. The lowest BCUT2D eigenvalue weighted by molar-refractivity contribution is 0.177. The molecule has 0 aromatic heterocycles. The number of nitrogens with zero attached hydrogens (tertiary/aromatic N) is 2. The molecule has 112 valence electrons. The summed E-state index contributed by atoms with van der Waals surface area (Å²) in [5, 5.41) is 0.451. The molecule has 2 N–H and O–H groups in total. The molecule has 0 amide bonds. The van der Waals surface area contributed by atoms with Gasteiger partial charge in [-0.3, -0.25) is 4.90 Å². The Bertz CT molecular complexity index is 434. The van der Waals surface area contributed by atoms with Crippen LogP contribution in [0.3, 0.4) is 0 Å². The number of rotatable bonds is 5. The summed E-state index contributed by atoms with van der Waals surface area (Å²) in [4.78, 5) is 4.48. The Kier molecular flexibility index (Phi) is 5.38. The fourth-order valence-electron chi connectivity index (χ4n) is 3.02. The molecule has 0 bridgehead atoms. The molecule has 1 fully saturated rings. The largest absolute Gasteiger partial charge is 0.329 e. The van der Waals surface area contributed by atoms with Gasteiger partial charge in [-0.25, -0.2) is 4.39 Å². The summed E-state index contributed by atoms with van der Waals surface area (Å²) in [7, 11) is 4.13. The Morgan fingerprint density at radius 3 is 2.85 bits per heavy atom. The highest BCUT2D eigenvalue weighted by Crippen LogP contribution is 2.29. The van der Waals surface area contributed by atoms with Crippen LogP contribution in [0.5, 0.6) is 0 Å². The molecule has 2 atom stereocenters. The van der Waals surface area contributed by atoms with E-state index in [9.17, 15) is 4.39 Å². The van der Waals surface area contributed by atoms with E-state index in [1.807, 2.05) is 7.05 Å². The Labute approximate surface area is 125 Å². The molecule has 1 aliphatic rings. The zero-order valence-electron chi connectivity index (χ0n) is 12.1. The van der Waals surface area contributed by atoms with E-state index >= 15 is 0 Å². The van der Waals surface area contributed by atoms with Crippen molar-refractivity contribution in [2.75, 3.05) is 33.7 Å². The Morgan fingerprint density at radius 2 is 2.30 bits per heavy atom. The zero-order chi connectivity index (χ0) is 14.7. The van der Waals surface area contributed by atoms with Gasteiger partial charge >= 0.3 is 0 Å². The summed E-state index contributed by atoms with van der Waals surface area (Å²) >= 11 is 6.16. The van der Waals surface area contributed by atoms with E-state index in [4.69, 9.17) is 17.3 Å². The zero-order valence-corrected chi connectivity index (χ0v) is 12.9. The molecule has 5 heteroatoms. The summed E-state index contributed by atoms with van der Waals surface area (Å²) in [6, 6.07) is 5.12. The summed E-state index contributed by atoms with van der Waals surface area (Å²) in [6.45, 7) is 2.36. The number of hydrogen-bond donors (Lipinski definition) is 1. The first-order valence-electron chi connectivity index (χ1n) is 7.09. The van der Waals surface area contributed by atoms with Gasteiger partial charge in [0.05, 0.1) is 6.04 Å². The molecule has 1 aromatic rings. The van der Waals surface area contributed by atoms with Crippen molar-refractivity contribution in [2.24, 2.45) is 5.73 Å². The molecular formula is C15H23ClFN3. The van der Waals surface area contributed by atoms with Gasteiger partial charge in [0.15, 0.2) is 0 Å². The maximum atomic E-state index is 14.1. The lowest BCUT2D eigenvalue weighted by Gasteiger charge is -2.32. The molecule has 1 aromatic carbocycles. The van der Waals surface area contributed by atoms with Gasteiger partial charge in [-0.05, 0) is 45.6 Å². The van der Waals surface area contributed by atoms with Gasteiger partial charge in [0, 0.05) is 29.7 Å². The van der Waals surface area contributed by atoms with Crippen molar-refractivity contribution in [3.8, 4) is 0 Å². The van der Waals surface area contributed by atoms with Gasteiger partial charge in [-0.2, -0.15) is 0 Å². The molecule has 0 radical (unpaired) electrons. The lowest BCUT2D eigenvalue weighted by Crippen LogP contribution is -2.40. The van der Waals surface area contributed by atoms with Crippen LogP contribution in [-0.4, -0.2) is 49.6 Å². The fraction of sp³-hybridized carbons (Fsp3) is 0.600. The molecule has 1 saturated heterocycles. The van der Waals surface area contributed by atoms with Crippen molar-refractivity contribution >= 4 is 11.6 Å². The monoisotopic (exact) mass is 299 g/mol. The van der Waals surface area contributed by atoms with Crippen LogP contribution in [-0.2, 0) is 0 Å². The predicted molar refractivity (Wildman–Crippen MR) is 81.5 cm³/mol. The van der Waals surface area contributed by atoms with Crippen LogP contribution >= 0.6 is 11.6 Å². The molecule has 0 spiro atoms. The average molecular weight is 300 g/mol. The molecule has 2 rings (SSSR count). The first-order chi connectivity index (χ1) is 9.54. The first-order valence-corrected chi connectivity index (χ1v) is 7.46. The minimum absolute atomic E-state index is 0.183. The van der Waals surface area contributed by atoms with Crippen LogP contribution < -0.4 is 5.73 Å². The highest BCUT2D eigenvalue weighted by atomic mass is 35.5. The SMILES string of the molecule is CN1CCCC1CN(C)C(CN)c1c(F)cccc1Cl. The number of halogens is 2. The van der Waals surface area contributed by atoms with E-state index in [1.54, 1.807) is 12.1 Å². The highest BCUT2D eigenvalue weighted by Gasteiger charge is 2.27. The smallest absolute Gasteiger partial charge is 0.129 e. The second kappa shape index (κ2) is 6.85. The Morgan fingerprint density at radius 1 is 1.55 bits per heavy atom. The van der Waals surface area contributed by atoms with Crippen LogP contribution in [0.15, 0.2) is 18.2 Å². The predicted octanol–water partition coefficient (Wildman–Crippen LogP) is 2.50. The fourth-order valence-corrected chi connectivity index (χ4v) is 3.31. The van der Waals surface area contributed by atoms with Gasteiger partial charge in [-0.1, -0.05) is 17.7 Å². The number of likely N-dealkylation sites (tertiary alicyclic amines) is 1. The van der Waals surface area contributed by atoms with Crippen molar-refractivity contribution in [1.29, 1.82) is 0 Å². The van der Waals surface area contributed by atoms with E-state index < -0.39 is 0 Å². The van der Waals surface area contributed by atoms with Gasteiger partial charge in [0.25, 0.3) is 0 Å². The topological polar surface area (TPSA) is 32.5 Å². The molecular weight excluding hydrogens is 277 g/mol. The maximum Gasteiger partial charge on any atom is 0.129 e. The second-order valence-electron chi connectivity index (χ2n) is 5.60. The number of nitrogens with two attached hydrogens (primary N) is 1. The van der Waals surface area contributed by atoms with Crippen LogP contribution in [0, 0.1) is 5.82 Å². The molecule has 0 aliphatic carbocycles. The molecule has 3 nitrogen and oxygen atoms in total. The van der Waals surface area contributed by atoms with E-state index in [0.717, 1.165) is 13.1 Å². The third kappa shape index (κ3) is 3.31. The molecule has 2 unspecified atom stereocenters. The second-order valence-corrected chi connectivity index (χ2v) is 6.01. The Hall–Kier alpha value is -0.680.